The number of carbonyl (C=O) groups excluding carboxylic acids is 1. The smallest absolute Gasteiger partial charge is 0.490 e. The second kappa shape index (κ2) is 15.3. The average Bonchev–Trinajstić information content (AvgIpc) is 3.42. The van der Waals surface area contributed by atoms with Crippen molar-refractivity contribution in [2.45, 2.75) is 55.9 Å². The van der Waals surface area contributed by atoms with Crippen LogP contribution in [0.5, 0.6) is 23.0 Å². The zero-order chi connectivity index (χ0) is 34.2. The van der Waals surface area contributed by atoms with Gasteiger partial charge in [0.25, 0.3) is 0 Å². The number of carbonyl (C=O) groups is 2. The Kier molecular flexibility index (Phi) is 11.5. The number of rotatable bonds is 9. The SMILES string of the molecule is COc1cc(NC(=O)NC2CCC3(c4ccc(OC)c(OC)c4)CCN(Cc4ccccc4)C3C2)cc(OC)c1.O=C(O)C(F)(F)F. The molecule has 1 aliphatic heterocycles. The minimum Gasteiger partial charge on any atom is -0.497 e. The lowest BCUT2D eigenvalue weighted by atomic mass is 9.65. The number of carboxylic acid groups (broad SMARTS) is 1. The summed E-state index contributed by atoms with van der Waals surface area (Å²) in [6.45, 7) is 1.87. The summed E-state index contributed by atoms with van der Waals surface area (Å²) < 4.78 is 53.6. The molecule has 0 bridgehead atoms. The lowest BCUT2D eigenvalue weighted by Gasteiger charge is -2.45. The van der Waals surface area contributed by atoms with Crippen molar-refractivity contribution in [3.63, 3.8) is 0 Å². The number of anilines is 1. The number of nitrogens with zero attached hydrogens (tertiary/aromatic N) is 1. The van der Waals surface area contributed by atoms with E-state index in [0.717, 1.165) is 50.3 Å². The van der Waals surface area contributed by atoms with E-state index >= 15 is 0 Å². The molecule has 0 spiro atoms. The number of urea groups is 1. The van der Waals surface area contributed by atoms with Crippen molar-refractivity contribution >= 4 is 17.7 Å². The maximum absolute atomic E-state index is 13.1. The highest BCUT2D eigenvalue weighted by molar-refractivity contribution is 5.90. The van der Waals surface area contributed by atoms with E-state index in [9.17, 15) is 18.0 Å². The first-order valence-corrected chi connectivity index (χ1v) is 15.0. The molecule has 3 N–H and O–H groups in total. The molecule has 3 unspecified atom stereocenters. The molecule has 254 valence electrons. The normalized spacial score (nSPS) is 20.6. The van der Waals surface area contributed by atoms with Crippen molar-refractivity contribution in [2.24, 2.45) is 0 Å². The van der Waals surface area contributed by atoms with Gasteiger partial charge in [0.1, 0.15) is 11.5 Å². The van der Waals surface area contributed by atoms with E-state index in [2.05, 4.69) is 58.0 Å². The topological polar surface area (TPSA) is 119 Å². The van der Waals surface area contributed by atoms with Crippen LogP contribution in [0, 0.1) is 0 Å². The van der Waals surface area contributed by atoms with Crippen LogP contribution in [0.4, 0.5) is 23.7 Å². The molecular weight excluding hydrogens is 619 g/mol. The largest absolute Gasteiger partial charge is 0.497 e. The number of amides is 2. The monoisotopic (exact) mass is 659 g/mol. The lowest BCUT2D eigenvalue weighted by molar-refractivity contribution is -0.192. The zero-order valence-electron chi connectivity index (χ0n) is 26.7. The standard InChI is InChI=1S/C32H39N3O5.C2HF3O2/c1-37-26-17-25(18-27(20-26)38-2)34-31(36)33-24-12-13-32(23-10-11-28(39-3)29(16-23)40-4)14-15-35(30(32)19-24)21-22-8-6-5-7-9-22;3-2(4,5)1(6)7/h5-11,16-18,20,24,30H,12-15,19,21H2,1-4H3,(H2,33,34,36);(H,6,7). The van der Waals surface area contributed by atoms with Crippen LogP contribution in [0.25, 0.3) is 0 Å². The van der Waals surface area contributed by atoms with Crippen LogP contribution in [-0.4, -0.2) is 75.3 Å². The fourth-order valence-electron chi connectivity index (χ4n) is 6.50. The van der Waals surface area contributed by atoms with E-state index in [1.807, 2.05) is 6.07 Å². The maximum atomic E-state index is 13.1. The summed E-state index contributed by atoms with van der Waals surface area (Å²) in [4.78, 5) is 24.6. The fourth-order valence-corrected chi connectivity index (χ4v) is 6.50. The number of hydrogen-bond donors (Lipinski definition) is 3. The number of benzene rings is 3. The number of aliphatic carboxylic acids is 1. The first-order valence-electron chi connectivity index (χ1n) is 15.0. The molecule has 13 heteroatoms. The summed E-state index contributed by atoms with van der Waals surface area (Å²) in [5.41, 5.74) is 3.17. The number of methoxy groups -OCH3 is 4. The van der Waals surface area contributed by atoms with E-state index in [1.165, 1.54) is 11.1 Å². The second-order valence-corrected chi connectivity index (χ2v) is 11.4. The number of likely N-dealkylation sites (tertiary alicyclic amines) is 1. The Morgan fingerprint density at radius 3 is 2.11 bits per heavy atom. The van der Waals surface area contributed by atoms with E-state index in [-0.39, 0.29) is 23.5 Å². The van der Waals surface area contributed by atoms with Crippen molar-refractivity contribution in [1.29, 1.82) is 0 Å². The third-order valence-corrected chi connectivity index (χ3v) is 8.74. The van der Waals surface area contributed by atoms with Crippen molar-refractivity contribution in [1.82, 2.24) is 10.2 Å². The molecule has 2 aliphatic rings. The van der Waals surface area contributed by atoms with Gasteiger partial charge >= 0.3 is 18.2 Å². The Hall–Kier alpha value is -4.65. The van der Waals surface area contributed by atoms with Crippen molar-refractivity contribution in [3.05, 3.63) is 77.9 Å². The van der Waals surface area contributed by atoms with Crippen LogP contribution >= 0.6 is 0 Å². The predicted molar refractivity (Wildman–Crippen MR) is 170 cm³/mol. The van der Waals surface area contributed by atoms with Gasteiger partial charge in [0, 0.05) is 47.9 Å². The Morgan fingerprint density at radius 1 is 0.894 bits per heavy atom. The number of nitrogens with one attached hydrogen (secondary N) is 2. The Bertz CT molecular complexity index is 1500. The van der Waals surface area contributed by atoms with Gasteiger partial charge in [-0.25, -0.2) is 9.59 Å². The molecule has 1 saturated heterocycles. The highest BCUT2D eigenvalue weighted by Gasteiger charge is 2.51. The molecule has 1 heterocycles. The van der Waals surface area contributed by atoms with Crippen LogP contribution in [0.2, 0.25) is 0 Å². The van der Waals surface area contributed by atoms with Gasteiger partial charge in [0.05, 0.1) is 28.4 Å². The molecule has 0 radical (unpaired) electrons. The molecule has 1 aliphatic carbocycles. The van der Waals surface area contributed by atoms with Crippen LogP contribution in [0.3, 0.4) is 0 Å². The number of halogens is 3. The molecular formula is C34H40F3N3O7. The van der Waals surface area contributed by atoms with E-state index < -0.39 is 12.1 Å². The third-order valence-electron chi connectivity index (χ3n) is 8.74. The summed E-state index contributed by atoms with van der Waals surface area (Å²) in [5.74, 6) is -0.0286. The molecule has 3 atom stereocenters. The third kappa shape index (κ3) is 8.59. The van der Waals surface area contributed by atoms with Gasteiger partial charge in [0.15, 0.2) is 11.5 Å². The van der Waals surface area contributed by atoms with Crippen molar-refractivity contribution in [3.8, 4) is 23.0 Å². The number of ether oxygens (including phenoxy) is 4. The summed E-state index contributed by atoms with van der Waals surface area (Å²) in [6.07, 6.45) is -1.31. The predicted octanol–water partition coefficient (Wildman–Crippen LogP) is 6.24. The molecule has 2 amide bonds. The lowest BCUT2D eigenvalue weighted by Crippen LogP contribution is -2.52. The molecule has 0 aromatic heterocycles. The van der Waals surface area contributed by atoms with Gasteiger partial charge in [-0.3, -0.25) is 4.90 Å². The molecule has 5 rings (SSSR count). The summed E-state index contributed by atoms with van der Waals surface area (Å²) in [5, 5.41) is 13.3. The Balaban J connectivity index is 0.000000644. The zero-order valence-corrected chi connectivity index (χ0v) is 26.7. The molecule has 3 aromatic rings. The van der Waals surface area contributed by atoms with Crippen LogP contribution < -0.4 is 29.6 Å². The number of carboxylic acids is 1. The highest BCUT2D eigenvalue weighted by Crippen LogP contribution is 2.50. The fraction of sp³-hybridized carbons (Fsp3) is 0.412. The number of fused-ring (bicyclic) bond motifs is 1. The molecule has 10 nitrogen and oxygen atoms in total. The quantitative estimate of drug-likeness (QED) is 0.247. The molecule has 47 heavy (non-hydrogen) atoms. The minimum absolute atomic E-state index is 0.0247. The van der Waals surface area contributed by atoms with E-state index in [0.29, 0.717) is 17.2 Å². The van der Waals surface area contributed by atoms with Gasteiger partial charge in [-0.05, 0) is 55.5 Å². The van der Waals surface area contributed by atoms with Gasteiger partial charge < -0.3 is 34.7 Å². The molecule has 2 fully saturated rings. The van der Waals surface area contributed by atoms with Gasteiger partial charge in [0.2, 0.25) is 0 Å². The van der Waals surface area contributed by atoms with Crippen LogP contribution in [0.15, 0.2) is 66.7 Å². The first-order chi connectivity index (χ1) is 22.4. The van der Waals surface area contributed by atoms with E-state index in [4.69, 9.17) is 28.8 Å². The van der Waals surface area contributed by atoms with Crippen molar-refractivity contribution < 1.29 is 46.8 Å². The maximum Gasteiger partial charge on any atom is 0.490 e. The minimum atomic E-state index is -5.08. The van der Waals surface area contributed by atoms with Crippen LogP contribution in [0.1, 0.15) is 36.8 Å². The Labute approximate surface area is 271 Å². The highest BCUT2D eigenvalue weighted by atomic mass is 19.4. The summed E-state index contributed by atoms with van der Waals surface area (Å²) in [7, 11) is 6.53. The van der Waals surface area contributed by atoms with Gasteiger partial charge in [-0.1, -0.05) is 36.4 Å². The Morgan fingerprint density at radius 2 is 1.53 bits per heavy atom. The number of hydrogen-bond acceptors (Lipinski definition) is 7. The van der Waals surface area contributed by atoms with Gasteiger partial charge in [-0.15, -0.1) is 0 Å². The summed E-state index contributed by atoms with van der Waals surface area (Å²) in [6, 6.07) is 22.4. The first kappa shape index (κ1) is 35.2. The average molecular weight is 660 g/mol. The molecule has 1 saturated carbocycles. The van der Waals surface area contributed by atoms with E-state index in [1.54, 1.807) is 46.6 Å². The summed E-state index contributed by atoms with van der Waals surface area (Å²) >= 11 is 0. The number of alkyl halides is 3. The van der Waals surface area contributed by atoms with Gasteiger partial charge in [-0.2, -0.15) is 13.2 Å². The van der Waals surface area contributed by atoms with Crippen LogP contribution in [-0.2, 0) is 16.8 Å². The second-order valence-electron chi connectivity index (χ2n) is 11.4. The van der Waals surface area contributed by atoms with Crippen molar-refractivity contribution in [2.75, 3.05) is 40.3 Å². The molecule has 3 aromatic carbocycles.